The maximum Gasteiger partial charge on any atom is 0.325 e. The molecule has 0 aliphatic carbocycles. The van der Waals surface area contributed by atoms with Crippen LogP contribution in [0.5, 0.6) is 11.5 Å². The van der Waals surface area contributed by atoms with Crippen molar-refractivity contribution in [1.82, 2.24) is 9.88 Å². The Morgan fingerprint density at radius 1 is 1.19 bits per heavy atom. The third kappa shape index (κ3) is 4.06. The second-order valence-electron chi connectivity index (χ2n) is 6.92. The van der Waals surface area contributed by atoms with E-state index in [1.165, 1.54) is 5.56 Å². The van der Waals surface area contributed by atoms with Crippen molar-refractivity contribution in [3.8, 4) is 11.5 Å². The molecule has 1 aromatic heterocycles. The molecule has 27 heavy (non-hydrogen) atoms. The molecule has 2 heterocycles. The van der Waals surface area contributed by atoms with Gasteiger partial charge in [0.15, 0.2) is 11.5 Å². The number of hydrogen-bond donors (Lipinski definition) is 1. The fourth-order valence-electron chi connectivity index (χ4n) is 3.95. The van der Waals surface area contributed by atoms with Gasteiger partial charge < -0.3 is 14.6 Å². The molecule has 3 rings (SSSR count). The minimum Gasteiger partial charge on any atom is -0.493 e. The Kier molecular flexibility index (Phi) is 5.96. The van der Waals surface area contributed by atoms with E-state index in [0.29, 0.717) is 36.1 Å². The van der Waals surface area contributed by atoms with Crippen molar-refractivity contribution < 1.29 is 19.4 Å². The van der Waals surface area contributed by atoms with Gasteiger partial charge in [-0.2, -0.15) is 0 Å². The Labute approximate surface area is 159 Å². The van der Waals surface area contributed by atoms with Crippen molar-refractivity contribution in [2.24, 2.45) is 0 Å². The minimum atomic E-state index is -0.872. The Hall–Kier alpha value is -2.60. The largest absolute Gasteiger partial charge is 0.493 e. The zero-order valence-electron chi connectivity index (χ0n) is 16.0. The van der Waals surface area contributed by atoms with E-state index in [1.807, 2.05) is 48.5 Å². The molecule has 0 spiro atoms. The van der Waals surface area contributed by atoms with Crippen molar-refractivity contribution in [2.45, 2.75) is 31.7 Å². The van der Waals surface area contributed by atoms with Crippen LogP contribution in [0.15, 0.2) is 36.7 Å². The number of aromatic nitrogens is 1. The number of piperidine rings is 1. The van der Waals surface area contributed by atoms with Crippen molar-refractivity contribution in [3.63, 3.8) is 0 Å². The van der Waals surface area contributed by atoms with Gasteiger partial charge in [-0.1, -0.05) is 0 Å². The number of carboxylic acids is 1. The molecule has 1 aliphatic rings. The van der Waals surface area contributed by atoms with Crippen LogP contribution in [0.4, 0.5) is 0 Å². The second kappa shape index (κ2) is 8.39. The molecular weight excluding hydrogens is 344 g/mol. The zero-order chi connectivity index (χ0) is 19.4. The normalized spacial score (nSPS) is 16.7. The van der Waals surface area contributed by atoms with E-state index in [-0.39, 0.29) is 0 Å². The van der Waals surface area contributed by atoms with E-state index in [0.717, 1.165) is 18.4 Å². The van der Waals surface area contributed by atoms with Gasteiger partial charge in [0, 0.05) is 18.0 Å². The van der Waals surface area contributed by atoms with Gasteiger partial charge in [0.2, 0.25) is 0 Å². The molecule has 1 saturated heterocycles. The number of aryl methyl sites for hydroxylation is 1. The Morgan fingerprint density at radius 3 is 2.41 bits per heavy atom. The second-order valence-corrected chi connectivity index (χ2v) is 6.92. The lowest BCUT2D eigenvalue weighted by Gasteiger charge is -2.36. The molecule has 0 bridgehead atoms. The highest BCUT2D eigenvalue weighted by Gasteiger charge is 2.34. The molecule has 1 atom stereocenters. The molecule has 144 valence electrons. The monoisotopic (exact) mass is 370 g/mol. The predicted molar refractivity (Wildman–Crippen MR) is 102 cm³/mol. The molecule has 2 aromatic rings. The minimum absolute atomic E-state index is 0.438. The molecule has 1 fully saturated rings. The van der Waals surface area contributed by atoms with E-state index in [1.54, 1.807) is 14.2 Å². The van der Waals surface area contributed by atoms with Crippen LogP contribution in [0.3, 0.4) is 0 Å². The van der Waals surface area contributed by atoms with E-state index in [4.69, 9.17) is 9.47 Å². The molecule has 1 unspecified atom stereocenters. The fourth-order valence-corrected chi connectivity index (χ4v) is 3.95. The molecule has 0 radical (unpaired) electrons. The average molecular weight is 370 g/mol. The summed E-state index contributed by atoms with van der Waals surface area (Å²) in [5.74, 6) is 0.619. The van der Waals surface area contributed by atoms with Crippen LogP contribution in [-0.2, 0) is 4.79 Å². The number of aliphatic carboxylic acids is 1. The number of hydrogen-bond acceptors (Lipinski definition) is 5. The number of pyridine rings is 1. The zero-order valence-corrected chi connectivity index (χ0v) is 16.0. The number of nitrogens with zero attached hydrogens (tertiary/aromatic N) is 2. The van der Waals surface area contributed by atoms with Crippen LogP contribution in [-0.4, -0.2) is 48.3 Å². The Balaban J connectivity index is 1.86. The van der Waals surface area contributed by atoms with Crippen LogP contribution in [0.1, 0.15) is 41.5 Å². The highest BCUT2D eigenvalue weighted by atomic mass is 16.5. The van der Waals surface area contributed by atoms with Gasteiger partial charge in [0.1, 0.15) is 6.04 Å². The molecule has 1 N–H and O–H groups in total. The first kappa shape index (κ1) is 19.2. The summed E-state index contributed by atoms with van der Waals surface area (Å²) in [6.07, 6.45) is 5.45. The fraction of sp³-hybridized carbons (Fsp3) is 0.429. The summed E-state index contributed by atoms with van der Waals surface area (Å²) in [5.41, 5.74) is 2.86. The van der Waals surface area contributed by atoms with Crippen molar-refractivity contribution in [2.75, 3.05) is 27.3 Å². The highest BCUT2D eigenvalue weighted by molar-refractivity contribution is 5.77. The predicted octanol–water partition coefficient (Wildman–Crippen LogP) is 3.41. The lowest BCUT2D eigenvalue weighted by molar-refractivity contribution is -0.144. The first-order valence-corrected chi connectivity index (χ1v) is 9.14. The van der Waals surface area contributed by atoms with E-state index in [9.17, 15) is 9.90 Å². The third-order valence-corrected chi connectivity index (χ3v) is 5.25. The number of benzene rings is 1. The summed E-state index contributed by atoms with van der Waals surface area (Å²) in [6, 6.07) is 7.07. The molecule has 0 saturated carbocycles. The lowest BCUT2D eigenvalue weighted by atomic mass is 9.88. The first-order chi connectivity index (χ1) is 13.0. The third-order valence-electron chi connectivity index (χ3n) is 5.25. The molecule has 6 heteroatoms. The lowest BCUT2D eigenvalue weighted by Crippen LogP contribution is -2.40. The summed E-state index contributed by atoms with van der Waals surface area (Å²) < 4.78 is 10.9. The quantitative estimate of drug-likeness (QED) is 0.840. The molecule has 1 aromatic carbocycles. The number of ether oxygens (including phenoxy) is 2. The van der Waals surface area contributed by atoms with E-state index >= 15 is 0 Å². The molecule has 6 nitrogen and oxygen atoms in total. The van der Waals surface area contributed by atoms with Crippen LogP contribution >= 0.6 is 0 Å². The SMILES string of the molecule is COc1cc(C)cc(C(C(=O)O)N2CCC(c3ccncc3)CC2)c1OC. The number of carbonyl (C=O) groups is 1. The summed E-state index contributed by atoms with van der Waals surface area (Å²) in [4.78, 5) is 18.3. The molecular formula is C21H26N2O4. The molecule has 1 aliphatic heterocycles. The van der Waals surface area contributed by atoms with Crippen molar-refractivity contribution in [1.29, 1.82) is 0 Å². The summed E-state index contributed by atoms with van der Waals surface area (Å²) in [6.45, 7) is 3.35. The number of carboxylic acid groups (broad SMARTS) is 1. The van der Waals surface area contributed by atoms with Gasteiger partial charge >= 0.3 is 5.97 Å². The highest BCUT2D eigenvalue weighted by Crippen LogP contribution is 2.40. The first-order valence-electron chi connectivity index (χ1n) is 9.14. The van der Waals surface area contributed by atoms with Crippen molar-refractivity contribution >= 4 is 5.97 Å². The van der Waals surface area contributed by atoms with Crippen molar-refractivity contribution in [3.05, 3.63) is 53.3 Å². The van der Waals surface area contributed by atoms with Crippen LogP contribution in [0, 0.1) is 6.92 Å². The van der Waals surface area contributed by atoms with E-state index in [2.05, 4.69) is 4.98 Å². The van der Waals surface area contributed by atoms with Gasteiger partial charge in [-0.05, 0) is 74.2 Å². The maximum atomic E-state index is 12.2. The van der Waals surface area contributed by atoms with Gasteiger partial charge in [0.25, 0.3) is 0 Å². The smallest absolute Gasteiger partial charge is 0.325 e. The number of likely N-dealkylation sites (tertiary alicyclic amines) is 1. The van der Waals surface area contributed by atoms with Crippen LogP contribution in [0.2, 0.25) is 0 Å². The summed E-state index contributed by atoms with van der Waals surface area (Å²) >= 11 is 0. The maximum absolute atomic E-state index is 12.2. The van der Waals surface area contributed by atoms with E-state index < -0.39 is 12.0 Å². The van der Waals surface area contributed by atoms with Gasteiger partial charge in [-0.25, -0.2) is 0 Å². The topological polar surface area (TPSA) is 71.9 Å². The van der Waals surface area contributed by atoms with Gasteiger partial charge in [-0.3, -0.25) is 14.7 Å². The number of rotatable bonds is 6. The summed E-state index contributed by atoms with van der Waals surface area (Å²) in [7, 11) is 3.11. The van der Waals surface area contributed by atoms with Gasteiger partial charge in [-0.15, -0.1) is 0 Å². The Morgan fingerprint density at radius 2 is 1.85 bits per heavy atom. The summed E-state index contributed by atoms with van der Waals surface area (Å²) in [5, 5.41) is 9.99. The van der Waals surface area contributed by atoms with Crippen LogP contribution < -0.4 is 9.47 Å². The molecule has 0 amide bonds. The van der Waals surface area contributed by atoms with Gasteiger partial charge in [0.05, 0.1) is 14.2 Å². The standard InChI is InChI=1S/C21H26N2O4/c1-14-12-17(20(27-3)18(13-14)26-2)19(21(24)25)23-10-6-16(7-11-23)15-4-8-22-9-5-15/h4-5,8-9,12-13,16,19H,6-7,10-11H2,1-3H3,(H,24,25). The Bertz CT molecular complexity index is 786. The average Bonchev–Trinajstić information content (AvgIpc) is 2.68. The van der Waals surface area contributed by atoms with Crippen LogP contribution in [0.25, 0.3) is 0 Å². The number of methoxy groups -OCH3 is 2.